The molecule has 0 aromatic carbocycles. The third-order valence-electron chi connectivity index (χ3n) is 3.43. The van der Waals surface area contributed by atoms with Crippen LogP contribution >= 0.6 is 0 Å². The van der Waals surface area contributed by atoms with Crippen LogP contribution in [0.4, 0.5) is 0 Å². The van der Waals surface area contributed by atoms with Crippen LogP contribution in [0.15, 0.2) is 11.4 Å². The van der Waals surface area contributed by atoms with Crippen molar-refractivity contribution in [2.75, 3.05) is 6.54 Å². The lowest BCUT2D eigenvalue weighted by Crippen LogP contribution is -2.48. The van der Waals surface area contributed by atoms with Gasteiger partial charge in [0.05, 0.1) is 5.54 Å². The summed E-state index contributed by atoms with van der Waals surface area (Å²) in [5.74, 6) is 0. The number of allylic oxidation sites excluding steroid dienone is 2. The summed E-state index contributed by atoms with van der Waals surface area (Å²) in [6.45, 7) is 13.8. The molecule has 0 spiro atoms. The van der Waals surface area contributed by atoms with E-state index in [1.165, 1.54) is 17.8 Å². The summed E-state index contributed by atoms with van der Waals surface area (Å²) in [7, 11) is 0. The standard InChI is InChI=1S/C11H16N2/c1-10(2)5-8-9(10)12-6-11(3,4)13(8)7-12/h5-6H2,1-4H3. The quantitative estimate of drug-likeness (QED) is 0.557. The Labute approximate surface area is 80.2 Å². The second-order valence-electron chi connectivity index (χ2n) is 5.69. The van der Waals surface area contributed by atoms with E-state index >= 15 is 0 Å². The average Bonchev–Trinajstić information content (AvgIpc) is 2.34. The van der Waals surface area contributed by atoms with Gasteiger partial charge in [-0.25, -0.2) is 0 Å². The molecule has 3 aliphatic rings. The summed E-state index contributed by atoms with van der Waals surface area (Å²) in [6.07, 6.45) is 1.22. The largest absolute Gasteiger partial charge is 0.340 e. The van der Waals surface area contributed by atoms with Crippen molar-refractivity contribution in [2.45, 2.75) is 39.7 Å². The zero-order chi connectivity index (χ0) is 9.43. The predicted molar refractivity (Wildman–Crippen MR) is 51.3 cm³/mol. The van der Waals surface area contributed by atoms with Crippen molar-refractivity contribution in [2.24, 2.45) is 5.41 Å². The number of rotatable bonds is 0. The van der Waals surface area contributed by atoms with Gasteiger partial charge in [0.2, 0.25) is 6.67 Å². The van der Waals surface area contributed by atoms with E-state index in [1.54, 1.807) is 0 Å². The molecule has 2 heteroatoms. The molecule has 0 amide bonds. The molecule has 3 rings (SSSR count). The molecule has 2 aliphatic heterocycles. The van der Waals surface area contributed by atoms with Gasteiger partial charge in [0.1, 0.15) is 0 Å². The zero-order valence-corrected chi connectivity index (χ0v) is 8.81. The minimum atomic E-state index is 0.273. The molecule has 2 nitrogen and oxygen atoms in total. The van der Waals surface area contributed by atoms with Crippen molar-refractivity contribution >= 4 is 0 Å². The molecule has 0 atom stereocenters. The van der Waals surface area contributed by atoms with E-state index in [1.807, 2.05) is 0 Å². The van der Waals surface area contributed by atoms with E-state index in [-0.39, 0.29) is 5.54 Å². The highest BCUT2D eigenvalue weighted by Gasteiger charge is 2.56. The normalized spacial score (nSPS) is 32.3. The SMILES string of the molecule is CC1(C)CC2=C1N1[C]N2C(C)(C)C1. The fourth-order valence-corrected chi connectivity index (χ4v) is 2.88. The van der Waals surface area contributed by atoms with Gasteiger partial charge in [-0.15, -0.1) is 0 Å². The first-order chi connectivity index (χ1) is 5.92. The van der Waals surface area contributed by atoms with Crippen LogP contribution in [-0.2, 0) is 0 Å². The maximum atomic E-state index is 3.43. The summed E-state index contributed by atoms with van der Waals surface area (Å²) in [4.78, 5) is 4.66. The van der Waals surface area contributed by atoms with Crippen molar-refractivity contribution in [3.8, 4) is 0 Å². The smallest absolute Gasteiger partial charge is 0.208 e. The first-order valence-corrected chi connectivity index (χ1v) is 4.99. The fourth-order valence-electron chi connectivity index (χ4n) is 2.88. The molecule has 2 bridgehead atoms. The van der Waals surface area contributed by atoms with E-state index in [4.69, 9.17) is 0 Å². The van der Waals surface area contributed by atoms with E-state index in [0.717, 1.165) is 6.54 Å². The molecular formula is C11H16N2. The van der Waals surface area contributed by atoms with Crippen molar-refractivity contribution in [1.82, 2.24) is 9.80 Å². The molecule has 0 aromatic rings. The summed E-state index contributed by atoms with van der Waals surface area (Å²) in [5, 5.41) is 0. The van der Waals surface area contributed by atoms with Crippen LogP contribution < -0.4 is 0 Å². The van der Waals surface area contributed by atoms with E-state index < -0.39 is 0 Å². The van der Waals surface area contributed by atoms with Crippen LogP contribution in [0.3, 0.4) is 0 Å². The van der Waals surface area contributed by atoms with Gasteiger partial charge in [-0.05, 0) is 20.3 Å². The Morgan fingerprint density at radius 2 is 1.92 bits per heavy atom. The minimum Gasteiger partial charge on any atom is -0.340 e. The molecule has 1 fully saturated rings. The molecule has 0 N–H and O–H groups in total. The highest BCUT2D eigenvalue weighted by Crippen LogP contribution is 2.58. The zero-order valence-electron chi connectivity index (χ0n) is 8.81. The predicted octanol–water partition coefficient (Wildman–Crippen LogP) is 2.03. The first kappa shape index (κ1) is 7.72. The summed E-state index contributed by atoms with van der Waals surface area (Å²) in [6, 6.07) is 0. The molecule has 0 aromatic heterocycles. The molecule has 2 heterocycles. The Morgan fingerprint density at radius 3 is 2.46 bits per heavy atom. The third-order valence-corrected chi connectivity index (χ3v) is 3.43. The van der Waals surface area contributed by atoms with Gasteiger partial charge >= 0.3 is 0 Å². The van der Waals surface area contributed by atoms with E-state index in [2.05, 4.69) is 44.2 Å². The van der Waals surface area contributed by atoms with Crippen LogP contribution in [0.5, 0.6) is 0 Å². The van der Waals surface area contributed by atoms with Gasteiger partial charge < -0.3 is 9.80 Å². The molecule has 0 saturated carbocycles. The van der Waals surface area contributed by atoms with Gasteiger partial charge in [-0.1, -0.05) is 13.8 Å². The second kappa shape index (κ2) is 1.75. The minimum absolute atomic E-state index is 0.273. The van der Waals surface area contributed by atoms with E-state index in [9.17, 15) is 0 Å². The highest BCUT2D eigenvalue weighted by atomic mass is 15.5. The van der Waals surface area contributed by atoms with Gasteiger partial charge in [0.25, 0.3) is 0 Å². The number of hydrogen-bond donors (Lipinski definition) is 0. The van der Waals surface area contributed by atoms with Crippen LogP contribution in [0, 0.1) is 12.1 Å². The van der Waals surface area contributed by atoms with Crippen LogP contribution in [0.2, 0.25) is 0 Å². The topological polar surface area (TPSA) is 6.48 Å². The van der Waals surface area contributed by atoms with Gasteiger partial charge in [0, 0.05) is 23.4 Å². The van der Waals surface area contributed by atoms with Crippen molar-refractivity contribution in [3.05, 3.63) is 18.1 Å². The average molecular weight is 176 g/mol. The Balaban J connectivity index is 2.04. The summed E-state index contributed by atoms with van der Waals surface area (Å²) in [5.41, 5.74) is 3.70. The first-order valence-electron chi connectivity index (χ1n) is 4.99. The van der Waals surface area contributed by atoms with Crippen molar-refractivity contribution in [3.63, 3.8) is 0 Å². The van der Waals surface area contributed by atoms with Crippen LogP contribution in [0.25, 0.3) is 0 Å². The molecule has 1 aliphatic carbocycles. The summed E-state index contributed by atoms with van der Waals surface area (Å²) < 4.78 is 0. The molecular weight excluding hydrogens is 160 g/mol. The molecule has 2 radical (unpaired) electrons. The highest BCUT2D eigenvalue weighted by molar-refractivity contribution is 5.41. The second-order valence-corrected chi connectivity index (χ2v) is 5.69. The van der Waals surface area contributed by atoms with Crippen molar-refractivity contribution < 1.29 is 0 Å². The lowest BCUT2D eigenvalue weighted by molar-refractivity contribution is 0.170. The molecule has 0 unspecified atom stereocenters. The van der Waals surface area contributed by atoms with Crippen molar-refractivity contribution in [1.29, 1.82) is 0 Å². The third kappa shape index (κ3) is 0.710. The van der Waals surface area contributed by atoms with Crippen LogP contribution in [0.1, 0.15) is 34.1 Å². The number of fused-ring (bicyclic) bond motifs is 4. The maximum absolute atomic E-state index is 3.43. The summed E-state index contributed by atoms with van der Waals surface area (Å²) >= 11 is 0. The van der Waals surface area contributed by atoms with E-state index in [0.29, 0.717) is 5.41 Å². The molecule has 1 saturated heterocycles. The fraction of sp³-hybridized carbons (Fsp3) is 0.727. The van der Waals surface area contributed by atoms with Gasteiger partial charge in [0.15, 0.2) is 0 Å². The monoisotopic (exact) mass is 176 g/mol. The van der Waals surface area contributed by atoms with Gasteiger partial charge in [-0.3, -0.25) is 0 Å². The Hall–Kier alpha value is -0.660. The Kier molecular flexibility index (Phi) is 1.04. The lowest BCUT2D eigenvalue weighted by atomic mass is 9.71. The maximum Gasteiger partial charge on any atom is 0.208 e. The van der Waals surface area contributed by atoms with Gasteiger partial charge in [-0.2, -0.15) is 0 Å². The van der Waals surface area contributed by atoms with Crippen LogP contribution in [-0.4, -0.2) is 21.9 Å². The molecule has 70 valence electrons. The Bertz CT molecular complexity index is 312. The lowest BCUT2D eigenvalue weighted by Gasteiger charge is -2.48. The Morgan fingerprint density at radius 1 is 1.23 bits per heavy atom. The number of hydrogen-bond acceptors (Lipinski definition) is 2. The molecule has 13 heavy (non-hydrogen) atoms. The number of nitrogens with zero attached hydrogens (tertiary/aromatic N) is 2.